The molecule has 2 unspecified atom stereocenters. The number of rotatable bonds is 10. The molecule has 39 heavy (non-hydrogen) atoms. The molecule has 4 heteroatoms. The van der Waals surface area contributed by atoms with Gasteiger partial charge in [0.05, 0.1) is 13.2 Å². The van der Waals surface area contributed by atoms with Crippen LogP contribution < -0.4 is 4.74 Å². The second-order valence-electron chi connectivity index (χ2n) is 11.5. The second kappa shape index (κ2) is 11.0. The molecular weight excluding hydrogens is 484 g/mol. The number of epoxide rings is 1. The zero-order valence-electron chi connectivity index (χ0n) is 23.2. The average Bonchev–Trinajstić information content (AvgIpc) is 3.81. The summed E-state index contributed by atoms with van der Waals surface area (Å²) >= 11 is 0. The molecule has 0 saturated carbocycles. The van der Waals surface area contributed by atoms with Gasteiger partial charge in [0.25, 0.3) is 0 Å². The van der Waals surface area contributed by atoms with E-state index in [0.29, 0.717) is 6.61 Å². The number of hydrogen-bond donors (Lipinski definition) is 2. The number of aliphatic hydroxyl groups excluding tert-OH is 2. The Morgan fingerprint density at radius 3 is 1.46 bits per heavy atom. The zero-order chi connectivity index (χ0) is 27.6. The molecule has 4 aromatic carbocycles. The van der Waals surface area contributed by atoms with E-state index < -0.39 is 6.10 Å². The van der Waals surface area contributed by atoms with Gasteiger partial charge in [0.2, 0.25) is 0 Å². The van der Waals surface area contributed by atoms with Gasteiger partial charge in [-0.05, 0) is 51.1 Å². The molecule has 0 aromatic heterocycles. The maximum atomic E-state index is 11.1. The van der Waals surface area contributed by atoms with Crippen LogP contribution in [0.1, 0.15) is 72.7 Å². The van der Waals surface area contributed by atoms with Gasteiger partial charge in [-0.2, -0.15) is 0 Å². The highest BCUT2D eigenvalue weighted by molar-refractivity contribution is 5.44. The van der Waals surface area contributed by atoms with Crippen LogP contribution in [0.2, 0.25) is 0 Å². The van der Waals surface area contributed by atoms with E-state index in [2.05, 4.69) is 76.2 Å². The van der Waals surface area contributed by atoms with E-state index >= 15 is 0 Å². The Hall–Kier alpha value is -3.44. The molecule has 0 bridgehead atoms. The van der Waals surface area contributed by atoms with Gasteiger partial charge in [0, 0.05) is 10.8 Å². The minimum Gasteiger partial charge on any atom is -0.491 e. The van der Waals surface area contributed by atoms with Crippen LogP contribution in [0.3, 0.4) is 0 Å². The quantitative estimate of drug-likeness (QED) is 0.228. The van der Waals surface area contributed by atoms with Crippen molar-refractivity contribution in [3.63, 3.8) is 0 Å². The first-order chi connectivity index (χ1) is 18.7. The van der Waals surface area contributed by atoms with Crippen molar-refractivity contribution in [3.8, 4) is 5.75 Å². The third-order valence-corrected chi connectivity index (χ3v) is 8.17. The Morgan fingerprint density at radius 2 is 1.08 bits per heavy atom. The third-order valence-electron chi connectivity index (χ3n) is 8.17. The first-order valence-electron chi connectivity index (χ1n) is 13.6. The third kappa shape index (κ3) is 5.94. The highest BCUT2D eigenvalue weighted by Gasteiger charge is 2.26. The summed E-state index contributed by atoms with van der Waals surface area (Å²) < 4.78 is 11.0. The molecule has 0 radical (unpaired) electrons. The van der Waals surface area contributed by atoms with E-state index in [-0.39, 0.29) is 23.5 Å². The van der Waals surface area contributed by atoms with Gasteiger partial charge in [-0.15, -0.1) is 0 Å². The van der Waals surface area contributed by atoms with Crippen molar-refractivity contribution in [2.24, 2.45) is 0 Å². The molecule has 5 rings (SSSR count). The molecule has 2 N–H and O–H groups in total. The van der Waals surface area contributed by atoms with Gasteiger partial charge in [0.15, 0.2) is 0 Å². The summed E-state index contributed by atoms with van der Waals surface area (Å²) in [5.74, 6) is 0.859. The number of benzene rings is 4. The lowest BCUT2D eigenvalue weighted by Crippen LogP contribution is -2.19. The van der Waals surface area contributed by atoms with Gasteiger partial charge in [-0.1, -0.05) is 113 Å². The van der Waals surface area contributed by atoms with Crippen LogP contribution in [0.5, 0.6) is 5.75 Å². The van der Waals surface area contributed by atoms with E-state index in [1.807, 2.05) is 48.5 Å². The highest BCUT2D eigenvalue weighted by Crippen LogP contribution is 2.35. The number of ether oxygens (including phenoxy) is 2. The van der Waals surface area contributed by atoms with Crippen molar-refractivity contribution in [2.45, 2.75) is 57.3 Å². The van der Waals surface area contributed by atoms with Crippen LogP contribution in [0.4, 0.5) is 0 Å². The largest absolute Gasteiger partial charge is 0.491 e. The fourth-order valence-electron chi connectivity index (χ4n) is 5.04. The molecule has 2 atom stereocenters. The second-order valence-corrected chi connectivity index (χ2v) is 11.5. The minimum atomic E-state index is -0.699. The predicted octanol–water partition coefficient (Wildman–Crippen LogP) is 6.69. The van der Waals surface area contributed by atoms with E-state index in [9.17, 15) is 10.2 Å². The molecule has 1 aliphatic heterocycles. The Bertz CT molecular complexity index is 1370. The van der Waals surface area contributed by atoms with Crippen LogP contribution in [0, 0.1) is 0 Å². The fourth-order valence-corrected chi connectivity index (χ4v) is 5.04. The van der Waals surface area contributed by atoms with Crippen LogP contribution in [0.25, 0.3) is 0 Å². The molecule has 0 aliphatic carbocycles. The van der Waals surface area contributed by atoms with Crippen LogP contribution >= 0.6 is 0 Å². The maximum absolute atomic E-state index is 11.1. The zero-order valence-corrected chi connectivity index (χ0v) is 23.2. The van der Waals surface area contributed by atoms with Crippen LogP contribution in [-0.2, 0) is 22.2 Å². The Balaban J connectivity index is 1.27. The van der Waals surface area contributed by atoms with E-state index in [1.54, 1.807) is 0 Å². The molecule has 0 spiro atoms. The summed E-state index contributed by atoms with van der Waals surface area (Å²) in [5, 5.41) is 20.5. The summed E-state index contributed by atoms with van der Waals surface area (Å²) in [6.07, 6.45) is -0.453. The lowest BCUT2D eigenvalue weighted by molar-refractivity contribution is 0.220. The van der Waals surface area contributed by atoms with Crippen LogP contribution in [-0.4, -0.2) is 29.5 Å². The van der Waals surface area contributed by atoms with Crippen molar-refractivity contribution < 1.29 is 19.7 Å². The summed E-state index contributed by atoms with van der Waals surface area (Å²) in [4.78, 5) is 0. The first kappa shape index (κ1) is 27.1. The fraction of sp³-hybridized carbons (Fsp3) is 0.314. The van der Waals surface area contributed by atoms with E-state index in [0.717, 1.165) is 29.0 Å². The number of aliphatic hydroxyl groups is 2. The standard InChI is InChI=1S/C35H38O4/c1-34(2,27-11-5-24(21-36)6-12-27)28-13-7-25(8-14-28)33(37)26-9-15-29(16-10-26)35(3,4)30-17-19-31(20-18-30)38-22-32-23-39-32/h5-20,32-33,36-37H,21-23H2,1-4H3. The molecule has 1 fully saturated rings. The van der Waals surface area contributed by atoms with Crippen molar-refractivity contribution in [2.75, 3.05) is 13.2 Å². The Morgan fingerprint density at radius 1 is 0.692 bits per heavy atom. The lowest BCUT2D eigenvalue weighted by Gasteiger charge is -2.27. The molecule has 4 aromatic rings. The first-order valence-corrected chi connectivity index (χ1v) is 13.6. The van der Waals surface area contributed by atoms with Crippen molar-refractivity contribution in [1.82, 2.24) is 0 Å². The van der Waals surface area contributed by atoms with Gasteiger partial charge < -0.3 is 19.7 Å². The van der Waals surface area contributed by atoms with Crippen LogP contribution in [0.15, 0.2) is 97.1 Å². The highest BCUT2D eigenvalue weighted by atomic mass is 16.6. The summed E-state index contributed by atoms with van der Waals surface area (Å²) in [7, 11) is 0. The topological polar surface area (TPSA) is 62.2 Å². The van der Waals surface area contributed by atoms with Gasteiger partial charge >= 0.3 is 0 Å². The molecule has 1 heterocycles. The van der Waals surface area contributed by atoms with Gasteiger partial charge in [0.1, 0.15) is 24.6 Å². The average molecular weight is 523 g/mol. The van der Waals surface area contributed by atoms with E-state index in [1.165, 1.54) is 22.3 Å². The molecule has 202 valence electrons. The summed E-state index contributed by atoms with van der Waals surface area (Å²) in [5.41, 5.74) is 7.00. The van der Waals surface area contributed by atoms with Crippen molar-refractivity contribution in [3.05, 3.63) is 136 Å². The SMILES string of the molecule is CC(C)(c1ccc(CO)cc1)c1ccc(C(O)c2ccc(C(C)(C)c3ccc(OCC4CO4)cc3)cc2)cc1. The van der Waals surface area contributed by atoms with Crippen molar-refractivity contribution >= 4 is 0 Å². The lowest BCUT2D eigenvalue weighted by atomic mass is 9.77. The normalized spacial score (nSPS) is 16.1. The minimum absolute atomic E-state index is 0.0467. The summed E-state index contributed by atoms with van der Waals surface area (Å²) in [6.45, 7) is 10.2. The molecule has 1 saturated heterocycles. The molecule has 4 nitrogen and oxygen atoms in total. The number of hydrogen-bond acceptors (Lipinski definition) is 4. The summed E-state index contributed by atoms with van der Waals surface area (Å²) in [6, 6.07) is 32.9. The monoisotopic (exact) mass is 522 g/mol. The maximum Gasteiger partial charge on any atom is 0.119 e. The van der Waals surface area contributed by atoms with Gasteiger partial charge in [-0.3, -0.25) is 0 Å². The molecule has 0 amide bonds. The Kier molecular flexibility index (Phi) is 7.64. The predicted molar refractivity (Wildman–Crippen MR) is 155 cm³/mol. The van der Waals surface area contributed by atoms with E-state index in [4.69, 9.17) is 9.47 Å². The molecule has 1 aliphatic rings. The van der Waals surface area contributed by atoms with Crippen molar-refractivity contribution in [1.29, 1.82) is 0 Å². The Labute approximate surface area is 231 Å². The smallest absolute Gasteiger partial charge is 0.119 e. The molecular formula is C35H38O4. The van der Waals surface area contributed by atoms with Gasteiger partial charge in [-0.25, -0.2) is 0 Å².